The van der Waals surface area contributed by atoms with Crippen molar-refractivity contribution in [3.8, 4) is 74.8 Å². The number of aryl methyl sites for hydroxylation is 3. The van der Waals surface area contributed by atoms with Gasteiger partial charge in [0.25, 0.3) is 5.91 Å². The second kappa shape index (κ2) is 38.8. The van der Waals surface area contributed by atoms with Crippen LogP contribution in [0, 0.1) is 54.8 Å². The molecule has 580 valence electrons. The Morgan fingerprint density at radius 3 is 1.28 bits per heavy atom. The Kier molecular flexibility index (Phi) is 28.3. The van der Waals surface area contributed by atoms with E-state index in [4.69, 9.17) is 65.4 Å². The van der Waals surface area contributed by atoms with Crippen LogP contribution in [0.25, 0.3) is 79.1 Å². The monoisotopic (exact) mass is 1700 g/mol. The molecule has 0 aliphatic carbocycles. The van der Waals surface area contributed by atoms with Gasteiger partial charge >= 0.3 is 138 Å². The van der Waals surface area contributed by atoms with Crippen LogP contribution >= 0.6 is 34.8 Å². The molecule has 1 amide bonds. The Bertz CT molecular complexity index is 6010. The van der Waals surface area contributed by atoms with Crippen molar-refractivity contribution in [2.24, 2.45) is 5.73 Å². The van der Waals surface area contributed by atoms with Crippen LogP contribution in [0.5, 0.6) is 0 Å². The van der Waals surface area contributed by atoms with Crippen LogP contribution in [0.1, 0.15) is 131 Å². The number of nitrogens with two attached hydrogens (primary N) is 1. The van der Waals surface area contributed by atoms with Gasteiger partial charge in [-0.15, -0.1) is 0 Å². The number of hydrogen-bond acceptors (Lipinski definition) is 21. The Balaban J connectivity index is 0.000000138. The first-order chi connectivity index (χ1) is 55.5. The molecule has 0 saturated carbocycles. The van der Waals surface area contributed by atoms with Crippen molar-refractivity contribution in [1.82, 2.24) is 93.3 Å². The number of nitriles is 3. The molecule has 26 nitrogen and oxygen atoms in total. The molecule has 16 heterocycles. The molecule has 0 spiro atoms. The Labute approximate surface area is 685 Å². The number of halogens is 3. The summed E-state index contributed by atoms with van der Waals surface area (Å²) in [6.45, 7) is 21.1. The molecule has 2 N–H and O–H groups in total. The van der Waals surface area contributed by atoms with E-state index in [1.807, 2.05) is 145 Å². The van der Waals surface area contributed by atoms with E-state index in [0.29, 0.717) is 66.1 Å². The molecule has 1 aliphatic heterocycles. The van der Waals surface area contributed by atoms with Crippen LogP contribution < -0.4 is 14.9 Å². The number of primary amides is 1. The number of carbonyl (C=O) groups excluding carboxylic acids is 1. The van der Waals surface area contributed by atoms with Gasteiger partial charge in [-0.25, -0.2) is 48.0 Å². The van der Waals surface area contributed by atoms with Gasteiger partial charge in [-0.2, -0.15) is 36.2 Å². The maximum Gasteiger partial charge on any atom is 0.254 e. The number of nitrogens with zero attached hydrogens (tertiary/aromatic N) is 22. The summed E-state index contributed by atoms with van der Waals surface area (Å²) in [5, 5.41) is 44.1. The maximum absolute atomic E-state index is 11.6. The molecule has 115 heavy (non-hydrogen) atoms. The van der Waals surface area contributed by atoms with Crippen LogP contribution in [-0.4, -0.2) is 136 Å². The molecular weight excluding hydrogens is 1610 g/mol. The number of aromatic nitrogens is 19. The van der Waals surface area contributed by atoms with Crippen molar-refractivity contribution in [2.75, 3.05) is 0 Å². The molecule has 0 aromatic carbocycles. The molecule has 31 heteroatoms. The third kappa shape index (κ3) is 20.4. The Hall–Kier alpha value is -11.9. The second-order valence-electron chi connectivity index (χ2n) is 27.9. The molecule has 0 unspecified atom stereocenters. The van der Waals surface area contributed by atoms with Gasteiger partial charge in [0.1, 0.15) is 55.9 Å². The summed E-state index contributed by atoms with van der Waals surface area (Å²) in [5.74, 6) is -0.564. The van der Waals surface area contributed by atoms with Crippen molar-refractivity contribution >= 4 is 98.0 Å². The van der Waals surface area contributed by atoms with Gasteiger partial charge in [-0.3, -0.25) is 24.7 Å². The smallest absolute Gasteiger partial charge is 0.254 e. The SMILES string of the molecule is CC1(C)OB(c2cccnc2Cl)OC1(C)C.CCC[CH2][Sn]([CH2]CCC)([CH2]CCC)[c]1cccc(C)n1.Cc1cccc(-c2ncccc2-c2ccn3ncc(C#N)c3n2)n1.Cc1cccc(-c2ncccc2-c2ccn3ncc(C(N)=O)c3n2)n1.N#Cc1cnn2ccc(-c3cccnc3Cl)nc12.N#Cc1cnn2ccc(Cl)nc12. The summed E-state index contributed by atoms with van der Waals surface area (Å²) in [6.07, 6.45) is 27.8. The summed E-state index contributed by atoms with van der Waals surface area (Å²) in [6, 6.07) is 46.5. The minimum absolute atomic E-state index is 0.279. The first-order valence-electron chi connectivity index (χ1n) is 37.3. The standard InChI is InChI=1S/C18H14N6O.C18H12N6.C12H6ClN5.C11H15BClNO2.C7H3ClN4.C6H6N.3C4H9.Sn/c1-11-4-2-6-15(22-11)16-12(5-3-8-20-16)14-7-9-24-18(23-14)13(10-21-24)17(19)25;1-12-4-2-6-16(22-12)17-14(5-3-8-20-17)15-7-9-24-18(23-15)13(10-19)11-21-24;13-11-9(2-1-4-15-11)10-3-5-18-12(17-10)8(6-14)7-16-18;1-10(2)11(3,4)16-12(15-10)8-6-5-7-14-9(8)13;8-6-1-2-12-7(11-6)5(3-9)4-10-12;1-6-4-2-3-5-7-6;3*1-3-4-2;/h2-10H,1H3,(H2,19,25);2-9,11H,1H3;1-5,7H;5-7H,1-4H3;1-2,4H;2-4H,1H3;3*1,3-4H2,2H3;. The molecule has 0 atom stereocenters. The molecule has 0 radical (unpaired) electrons. The van der Waals surface area contributed by atoms with E-state index in [1.165, 1.54) is 91.3 Å². The molecule has 15 aromatic rings. The van der Waals surface area contributed by atoms with Gasteiger partial charge in [-0.1, -0.05) is 53.0 Å². The third-order valence-electron chi connectivity index (χ3n) is 19.3. The van der Waals surface area contributed by atoms with Gasteiger partial charge in [0.05, 0.1) is 75.8 Å². The van der Waals surface area contributed by atoms with E-state index in [-0.39, 0.29) is 16.8 Å². The number of carbonyl (C=O) groups is 1. The number of pyridine rings is 7. The third-order valence-corrected chi connectivity index (χ3v) is 35.2. The van der Waals surface area contributed by atoms with Crippen molar-refractivity contribution < 1.29 is 14.1 Å². The average Bonchev–Trinajstić information content (AvgIpc) is 1.60. The quantitative estimate of drug-likeness (QED) is 0.0502. The van der Waals surface area contributed by atoms with Crippen LogP contribution in [-0.2, 0) is 9.31 Å². The minimum atomic E-state index is -2.25. The van der Waals surface area contributed by atoms with Gasteiger partial charge in [-0.05, 0) is 133 Å². The zero-order valence-electron chi connectivity index (χ0n) is 65.3. The zero-order valence-corrected chi connectivity index (χ0v) is 70.4. The predicted molar refractivity (Wildman–Crippen MR) is 449 cm³/mol. The fraction of sp³-hybridized carbons (Fsp3) is 0.250. The topological polar surface area (TPSA) is 344 Å². The largest absolute Gasteiger partial charge is 0.365 e. The van der Waals surface area contributed by atoms with Crippen molar-refractivity contribution in [1.29, 1.82) is 15.8 Å². The number of hydrogen-bond donors (Lipinski definition) is 1. The summed E-state index contributed by atoms with van der Waals surface area (Å²) in [5.41, 5.74) is 19.6. The maximum atomic E-state index is 11.6. The van der Waals surface area contributed by atoms with Gasteiger partial charge in [0.15, 0.2) is 22.6 Å². The predicted octanol–water partition coefficient (Wildman–Crippen LogP) is 16.3. The first kappa shape index (κ1) is 84.0. The number of amides is 1. The van der Waals surface area contributed by atoms with E-state index in [1.54, 1.807) is 80.5 Å². The molecule has 15 aromatic heterocycles. The zero-order chi connectivity index (χ0) is 81.8. The number of fused-ring (bicyclic) bond motifs is 4. The fourth-order valence-electron chi connectivity index (χ4n) is 12.6. The van der Waals surface area contributed by atoms with Crippen LogP contribution in [0.15, 0.2) is 202 Å². The summed E-state index contributed by atoms with van der Waals surface area (Å²) < 4.78 is 24.0. The van der Waals surface area contributed by atoms with Gasteiger partial charge in [0.2, 0.25) is 0 Å². The molecule has 16 rings (SSSR count). The molecule has 1 aliphatic rings. The average molecular weight is 1700 g/mol. The summed E-state index contributed by atoms with van der Waals surface area (Å²) >= 11 is 15.4. The fourth-order valence-corrected chi connectivity index (χ4v) is 28.7. The van der Waals surface area contributed by atoms with Crippen LogP contribution in [0.4, 0.5) is 0 Å². The van der Waals surface area contributed by atoms with Crippen LogP contribution in [0.3, 0.4) is 0 Å². The van der Waals surface area contributed by atoms with E-state index >= 15 is 0 Å². The molecular formula is C84H83BCl3N23O3Sn. The minimum Gasteiger partial charge on any atom is -0.365 e. The summed E-state index contributed by atoms with van der Waals surface area (Å²) in [4.78, 5) is 60.1. The van der Waals surface area contributed by atoms with E-state index < -0.39 is 31.4 Å². The van der Waals surface area contributed by atoms with E-state index in [2.05, 4.69) is 122 Å². The van der Waals surface area contributed by atoms with Gasteiger partial charge < -0.3 is 15.0 Å². The molecule has 1 saturated heterocycles. The van der Waals surface area contributed by atoms with Crippen molar-refractivity contribution in [2.45, 2.75) is 132 Å². The van der Waals surface area contributed by atoms with Crippen LogP contribution in [0.2, 0.25) is 28.8 Å². The molecule has 0 bridgehead atoms. The van der Waals surface area contributed by atoms with E-state index in [9.17, 15) is 10.1 Å². The van der Waals surface area contributed by atoms with Crippen molar-refractivity contribution in [3.05, 3.63) is 257 Å². The molecule has 1 fully saturated rings. The Morgan fingerprint density at radius 2 is 0.843 bits per heavy atom. The van der Waals surface area contributed by atoms with Gasteiger partial charge in [0, 0.05) is 83.1 Å². The first-order valence-corrected chi connectivity index (χ1v) is 46.0. The number of rotatable bonds is 17. The Morgan fingerprint density at radius 1 is 0.452 bits per heavy atom. The normalized spacial score (nSPS) is 12.5. The van der Waals surface area contributed by atoms with Crippen molar-refractivity contribution in [3.63, 3.8) is 0 Å². The number of unbranched alkanes of at least 4 members (excludes halogenated alkanes) is 3. The second-order valence-corrected chi connectivity index (χ2v) is 42.0. The summed E-state index contributed by atoms with van der Waals surface area (Å²) in [7, 11) is -0.439. The van der Waals surface area contributed by atoms with E-state index in [0.717, 1.165) is 62.0 Å².